The van der Waals surface area contributed by atoms with Crippen molar-refractivity contribution in [3.63, 3.8) is 0 Å². The van der Waals surface area contributed by atoms with Gasteiger partial charge < -0.3 is 33.9 Å². The molecule has 1 aliphatic carbocycles. The van der Waals surface area contributed by atoms with Crippen LogP contribution in [0.15, 0.2) is 0 Å². The van der Waals surface area contributed by atoms with Gasteiger partial charge >= 0.3 is 0 Å². The molecule has 1 rings (SSSR count). The molecule has 0 heterocycles. The minimum Gasteiger partial charge on any atom is -0.396 e. The van der Waals surface area contributed by atoms with Crippen LogP contribution in [0.5, 0.6) is 0 Å². The Balaban J connectivity index is 3.49. The van der Waals surface area contributed by atoms with Gasteiger partial charge in [0.15, 0.2) is 0 Å². The van der Waals surface area contributed by atoms with Crippen molar-refractivity contribution < 1.29 is 33.9 Å². The number of rotatable bonds is 23. The molecule has 0 bridgehead atoms. The lowest BCUT2D eigenvalue weighted by Crippen LogP contribution is -2.73. The molecule has 7 nitrogen and oxygen atoms in total. The van der Waals surface area contributed by atoms with E-state index in [2.05, 4.69) is 34.6 Å². The highest BCUT2D eigenvalue weighted by molar-refractivity contribution is 5.11. The Labute approximate surface area is 221 Å². The van der Waals surface area contributed by atoms with Crippen LogP contribution >= 0.6 is 0 Å². The molecule has 0 aromatic heterocycles. The van der Waals surface area contributed by atoms with E-state index >= 15 is 0 Å². The molecule has 0 aromatic carbocycles. The van der Waals surface area contributed by atoms with Crippen LogP contribution in [0.1, 0.15) is 112 Å². The second kappa shape index (κ2) is 20.7. The van der Waals surface area contributed by atoms with Crippen molar-refractivity contribution in [1.82, 2.24) is 0 Å². The number of hydrogen-bond acceptors (Lipinski definition) is 7. The van der Waals surface area contributed by atoms with E-state index in [1.165, 1.54) is 0 Å². The first-order chi connectivity index (χ1) is 17.5. The van der Waals surface area contributed by atoms with Crippen molar-refractivity contribution in [3.05, 3.63) is 0 Å². The van der Waals surface area contributed by atoms with Crippen LogP contribution in [-0.4, -0.2) is 86.0 Å². The topological polar surface area (TPSA) is 86.6 Å². The number of ether oxygens (including phenoxy) is 5. The molecule has 0 aromatic rings. The Morgan fingerprint density at radius 2 is 0.833 bits per heavy atom. The lowest BCUT2D eigenvalue weighted by molar-refractivity contribution is -0.311. The first-order valence-corrected chi connectivity index (χ1v) is 15.0. The smallest absolute Gasteiger partial charge is 0.122 e. The Hall–Kier alpha value is -0.280. The van der Waals surface area contributed by atoms with Crippen LogP contribution in [0.4, 0.5) is 0 Å². The van der Waals surface area contributed by atoms with E-state index in [1.807, 2.05) is 0 Å². The van der Waals surface area contributed by atoms with Crippen molar-refractivity contribution in [1.29, 1.82) is 0 Å². The molecular weight excluding hydrogens is 460 g/mol. The van der Waals surface area contributed by atoms with Crippen molar-refractivity contribution in [2.24, 2.45) is 0 Å². The fourth-order valence-electron chi connectivity index (χ4n) is 4.74. The molecule has 1 saturated carbocycles. The van der Waals surface area contributed by atoms with Crippen LogP contribution in [0.3, 0.4) is 0 Å². The fraction of sp³-hybridized carbons (Fsp3) is 1.00. The summed E-state index contributed by atoms with van der Waals surface area (Å²) in [5, 5.41) is 22.1. The maximum absolute atomic E-state index is 12.4. The highest BCUT2D eigenvalue weighted by Crippen LogP contribution is 2.41. The predicted octanol–water partition coefficient (Wildman–Crippen LogP) is 5.43. The molecule has 6 atom stereocenters. The van der Waals surface area contributed by atoms with Gasteiger partial charge in [0.25, 0.3) is 0 Å². The molecule has 0 amide bonds. The highest BCUT2D eigenvalue weighted by Gasteiger charge is 2.61. The second-order valence-electron chi connectivity index (χ2n) is 10.2. The van der Waals surface area contributed by atoms with Crippen molar-refractivity contribution in [2.75, 3.05) is 39.6 Å². The third kappa shape index (κ3) is 10.8. The molecule has 0 aliphatic heterocycles. The number of unbranched alkanes of at least 4 members (excludes halogenated alkanes) is 5. The summed E-state index contributed by atoms with van der Waals surface area (Å²) in [5.41, 5.74) is -1.36. The first kappa shape index (κ1) is 33.7. The summed E-state index contributed by atoms with van der Waals surface area (Å²) in [6.45, 7) is 13.5. The second-order valence-corrected chi connectivity index (χ2v) is 10.2. The van der Waals surface area contributed by atoms with Gasteiger partial charge in [0.2, 0.25) is 0 Å². The Morgan fingerprint density at radius 3 is 1.17 bits per heavy atom. The monoisotopic (exact) mass is 518 g/mol. The average molecular weight is 519 g/mol. The molecule has 2 N–H and O–H groups in total. The van der Waals surface area contributed by atoms with E-state index < -0.39 is 36.1 Å². The van der Waals surface area contributed by atoms with Crippen molar-refractivity contribution >= 4 is 0 Å². The molecule has 1 aliphatic rings. The average Bonchev–Trinajstić information content (AvgIpc) is 2.88. The van der Waals surface area contributed by atoms with Gasteiger partial charge in [-0.3, -0.25) is 0 Å². The zero-order chi connectivity index (χ0) is 26.7. The molecule has 36 heavy (non-hydrogen) atoms. The Kier molecular flexibility index (Phi) is 19.4. The number of aliphatic hydroxyl groups is 2. The van der Waals surface area contributed by atoms with Gasteiger partial charge in [-0.1, -0.05) is 66.7 Å². The molecule has 3 unspecified atom stereocenters. The summed E-state index contributed by atoms with van der Waals surface area (Å²) < 4.78 is 32.4. The molecule has 1 fully saturated rings. The van der Waals surface area contributed by atoms with Gasteiger partial charge in [0.1, 0.15) is 36.1 Å². The zero-order valence-electron chi connectivity index (χ0n) is 24.1. The maximum atomic E-state index is 12.4. The molecule has 0 saturated heterocycles. The quantitative estimate of drug-likeness (QED) is 0.174. The van der Waals surface area contributed by atoms with E-state index in [9.17, 15) is 10.2 Å². The molecule has 216 valence electrons. The van der Waals surface area contributed by atoms with Gasteiger partial charge in [-0.25, -0.2) is 0 Å². The summed E-state index contributed by atoms with van der Waals surface area (Å²) in [6.07, 6.45) is 7.82. The first-order valence-electron chi connectivity index (χ1n) is 15.0. The minimum absolute atomic E-state index is 0.00911. The molecule has 0 spiro atoms. The number of hydrogen-bond donors (Lipinski definition) is 2. The van der Waals surface area contributed by atoms with E-state index in [0.29, 0.717) is 45.9 Å². The van der Waals surface area contributed by atoms with Crippen molar-refractivity contribution in [3.8, 4) is 0 Å². The van der Waals surface area contributed by atoms with Gasteiger partial charge in [0, 0.05) is 39.6 Å². The van der Waals surface area contributed by atoms with Gasteiger partial charge in [-0.05, 0) is 44.9 Å². The van der Waals surface area contributed by atoms with Crippen LogP contribution in [-0.2, 0) is 23.7 Å². The van der Waals surface area contributed by atoms with Crippen LogP contribution in [0, 0.1) is 0 Å². The van der Waals surface area contributed by atoms with Crippen LogP contribution in [0.2, 0.25) is 0 Å². The lowest BCUT2D eigenvalue weighted by Gasteiger charge is -2.54. The van der Waals surface area contributed by atoms with Gasteiger partial charge in [-0.15, -0.1) is 0 Å². The van der Waals surface area contributed by atoms with Gasteiger partial charge in [0.05, 0.1) is 0 Å². The van der Waals surface area contributed by atoms with E-state index in [1.54, 1.807) is 0 Å². The zero-order valence-corrected chi connectivity index (χ0v) is 24.1. The third-order valence-corrected chi connectivity index (χ3v) is 6.98. The van der Waals surface area contributed by atoms with Crippen molar-refractivity contribution in [2.45, 2.75) is 148 Å². The van der Waals surface area contributed by atoms with Gasteiger partial charge in [-0.2, -0.15) is 0 Å². The minimum atomic E-state index is -1.36. The molecule has 0 radical (unpaired) electrons. The summed E-state index contributed by atoms with van der Waals surface area (Å²) >= 11 is 0. The largest absolute Gasteiger partial charge is 0.396 e. The third-order valence-electron chi connectivity index (χ3n) is 6.98. The maximum Gasteiger partial charge on any atom is 0.122 e. The van der Waals surface area contributed by atoms with E-state index in [4.69, 9.17) is 23.7 Å². The highest BCUT2D eigenvalue weighted by atomic mass is 16.6. The summed E-state index contributed by atoms with van der Waals surface area (Å²) in [4.78, 5) is 0. The van der Waals surface area contributed by atoms with Crippen LogP contribution in [0.25, 0.3) is 0 Å². The Bertz CT molecular complexity index is 472. The van der Waals surface area contributed by atoms with Crippen LogP contribution < -0.4 is 0 Å². The lowest BCUT2D eigenvalue weighted by atomic mass is 9.71. The standard InChI is InChI=1S/C29H58O7/c1-6-11-19-32-24-25(33-20-12-7-2)27(35-22-14-9-4)29(31,17-16-18-30)28(36-23-15-10-5)26(24)34-21-13-8-3/h24-28,30-31H,6-23H2,1-5H3/t24-,25?,26?,27+,28?,29+/m1/s1. The Morgan fingerprint density at radius 1 is 0.500 bits per heavy atom. The molecule has 7 heteroatoms. The summed E-state index contributed by atoms with van der Waals surface area (Å²) in [5.74, 6) is 0. The van der Waals surface area contributed by atoms with E-state index in [0.717, 1.165) is 64.2 Å². The fourth-order valence-corrected chi connectivity index (χ4v) is 4.74. The summed E-state index contributed by atoms with van der Waals surface area (Å²) in [6, 6.07) is 0. The normalized spacial score (nSPS) is 28.6. The SMILES string of the molecule is CCCCOC1C(OCCCC)[C@](O)(CCCO)[C@@H](OCCCC)C(OCCCC)[C@H]1OCCCC. The van der Waals surface area contributed by atoms with E-state index in [-0.39, 0.29) is 6.61 Å². The summed E-state index contributed by atoms with van der Waals surface area (Å²) in [7, 11) is 0. The molecular formula is C29H58O7. The number of aliphatic hydroxyl groups excluding tert-OH is 1. The predicted molar refractivity (Wildman–Crippen MR) is 145 cm³/mol.